The molecule has 4 atom stereocenters. The van der Waals surface area contributed by atoms with E-state index in [2.05, 4.69) is 19.2 Å². The first-order chi connectivity index (χ1) is 10.3. The minimum absolute atomic E-state index is 0.224. The van der Waals surface area contributed by atoms with Crippen LogP contribution in [0.15, 0.2) is 0 Å². The number of piperazine rings is 1. The summed E-state index contributed by atoms with van der Waals surface area (Å²) < 4.78 is 5.93. The van der Waals surface area contributed by atoms with Crippen molar-refractivity contribution in [1.82, 2.24) is 10.2 Å². The molecule has 2 N–H and O–H groups in total. The zero-order chi connectivity index (χ0) is 17.8. The minimum Gasteiger partial charge on any atom is -0.347 e. The highest BCUT2D eigenvalue weighted by Crippen LogP contribution is 2.48. The van der Waals surface area contributed by atoms with Crippen LogP contribution in [0.4, 0.5) is 0 Å². The van der Waals surface area contributed by atoms with E-state index in [0.717, 1.165) is 6.42 Å². The first-order valence-corrected chi connectivity index (χ1v) is 8.41. The van der Waals surface area contributed by atoms with Crippen LogP contribution >= 0.6 is 0 Å². The molecule has 6 nitrogen and oxygen atoms in total. The molecule has 0 aromatic rings. The number of nitrogens with zero attached hydrogens (tertiary/aromatic N) is 1. The Balaban J connectivity index is 2.44. The Morgan fingerprint density at radius 2 is 1.91 bits per heavy atom. The van der Waals surface area contributed by atoms with Gasteiger partial charge in [-0.3, -0.25) is 14.5 Å². The predicted octanol–water partition coefficient (Wildman–Crippen LogP) is 1.62. The van der Waals surface area contributed by atoms with Crippen LogP contribution in [0.2, 0.25) is 0 Å². The second-order valence-corrected chi connectivity index (χ2v) is 8.44. The van der Waals surface area contributed by atoms with Gasteiger partial charge in [0.05, 0.1) is 0 Å². The lowest BCUT2D eigenvalue weighted by Crippen LogP contribution is -2.71. The molecule has 132 valence electrons. The van der Waals surface area contributed by atoms with E-state index < -0.39 is 29.0 Å². The lowest BCUT2D eigenvalue weighted by atomic mass is 9.77. The summed E-state index contributed by atoms with van der Waals surface area (Å²) >= 11 is 0. The third-order valence-electron chi connectivity index (χ3n) is 5.31. The zero-order valence-electron chi connectivity index (χ0n) is 15.3. The van der Waals surface area contributed by atoms with Crippen LogP contribution in [-0.4, -0.2) is 45.4 Å². The average Bonchev–Trinajstić information content (AvgIpc) is 2.60. The van der Waals surface area contributed by atoms with Crippen molar-refractivity contribution in [2.75, 3.05) is 0 Å². The summed E-state index contributed by atoms with van der Waals surface area (Å²) in [6, 6.07) is -1.38. The normalized spacial score (nSPS) is 38.0. The Kier molecular flexibility index (Phi) is 4.31. The number of aliphatic hydroxyl groups is 1. The Morgan fingerprint density at radius 1 is 1.35 bits per heavy atom. The summed E-state index contributed by atoms with van der Waals surface area (Å²) in [5.74, 6) is -1.93. The molecular weight excluding hydrogens is 296 g/mol. The summed E-state index contributed by atoms with van der Waals surface area (Å²) in [6.45, 7) is 13.2. The van der Waals surface area contributed by atoms with Crippen molar-refractivity contribution in [2.24, 2.45) is 11.3 Å². The summed E-state index contributed by atoms with van der Waals surface area (Å²) in [5, 5.41) is 13.8. The van der Waals surface area contributed by atoms with Crippen molar-refractivity contribution in [3.63, 3.8) is 0 Å². The molecule has 23 heavy (non-hydrogen) atoms. The number of amides is 2. The summed E-state index contributed by atoms with van der Waals surface area (Å²) in [6.07, 6.45) is 1.30. The maximum absolute atomic E-state index is 13.1. The van der Waals surface area contributed by atoms with Crippen molar-refractivity contribution in [2.45, 2.75) is 84.9 Å². The molecule has 2 saturated heterocycles. The van der Waals surface area contributed by atoms with E-state index in [1.54, 1.807) is 13.8 Å². The van der Waals surface area contributed by atoms with Crippen LogP contribution in [-0.2, 0) is 14.3 Å². The lowest BCUT2D eigenvalue weighted by Gasteiger charge is -2.45. The van der Waals surface area contributed by atoms with E-state index in [1.165, 1.54) is 4.90 Å². The largest absolute Gasteiger partial charge is 0.347 e. The highest BCUT2D eigenvalue weighted by molar-refractivity contribution is 5.95. The number of ether oxygens (including phenoxy) is 1. The molecule has 2 amide bonds. The van der Waals surface area contributed by atoms with Gasteiger partial charge in [0.25, 0.3) is 11.8 Å². The van der Waals surface area contributed by atoms with Gasteiger partial charge in [-0.25, -0.2) is 0 Å². The monoisotopic (exact) mass is 326 g/mol. The smallest absolute Gasteiger partial charge is 0.274 e. The fourth-order valence-electron chi connectivity index (χ4n) is 3.18. The van der Waals surface area contributed by atoms with E-state index in [-0.39, 0.29) is 11.8 Å². The molecule has 2 aliphatic heterocycles. The molecule has 0 unspecified atom stereocenters. The van der Waals surface area contributed by atoms with Gasteiger partial charge in [-0.05, 0) is 38.0 Å². The maximum Gasteiger partial charge on any atom is 0.274 e. The van der Waals surface area contributed by atoms with Gasteiger partial charge < -0.3 is 15.2 Å². The number of hydrogen-bond donors (Lipinski definition) is 2. The third-order valence-corrected chi connectivity index (χ3v) is 5.31. The fourth-order valence-corrected chi connectivity index (χ4v) is 3.18. The van der Waals surface area contributed by atoms with Gasteiger partial charge in [0.2, 0.25) is 5.91 Å². The molecule has 0 bridgehead atoms. The quantitative estimate of drug-likeness (QED) is 0.826. The highest BCUT2D eigenvalue weighted by Gasteiger charge is 2.68. The predicted molar refractivity (Wildman–Crippen MR) is 86.2 cm³/mol. The van der Waals surface area contributed by atoms with E-state index in [1.807, 2.05) is 20.8 Å². The van der Waals surface area contributed by atoms with Gasteiger partial charge in [-0.1, -0.05) is 34.6 Å². The number of nitrogens with one attached hydrogen (secondary N) is 1. The van der Waals surface area contributed by atoms with E-state index in [4.69, 9.17) is 4.74 Å². The van der Waals surface area contributed by atoms with Crippen LogP contribution in [0.3, 0.4) is 0 Å². The highest BCUT2D eigenvalue weighted by atomic mass is 16.7. The second-order valence-electron chi connectivity index (χ2n) is 8.44. The zero-order valence-corrected chi connectivity index (χ0v) is 15.3. The molecule has 0 aromatic heterocycles. The Hall–Kier alpha value is -1.14. The van der Waals surface area contributed by atoms with E-state index >= 15 is 0 Å². The minimum atomic E-state index is -1.80. The molecule has 0 radical (unpaired) electrons. The van der Waals surface area contributed by atoms with Crippen LogP contribution < -0.4 is 5.32 Å². The number of carbonyl (C=O) groups is 2. The number of rotatable bonds is 3. The van der Waals surface area contributed by atoms with E-state index in [0.29, 0.717) is 12.3 Å². The Morgan fingerprint density at radius 3 is 2.39 bits per heavy atom. The van der Waals surface area contributed by atoms with Crippen molar-refractivity contribution in [1.29, 1.82) is 0 Å². The van der Waals surface area contributed by atoms with Crippen LogP contribution in [0.1, 0.15) is 61.3 Å². The fraction of sp³-hybridized carbons (Fsp3) is 0.882. The van der Waals surface area contributed by atoms with Gasteiger partial charge in [-0.2, -0.15) is 0 Å². The molecule has 0 aliphatic carbocycles. The molecule has 2 rings (SSSR count). The number of carbonyl (C=O) groups excluding carboxylic acids is 2. The first-order valence-electron chi connectivity index (χ1n) is 8.41. The third kappa shape index (κ3) is 2.66. The van der Waals surface area contributed by atoms with Gasteiger partial charge >= 0.3 is 0 Å². The van der Waals surface area contributed by atoms with Crippen molar-refractivity contribution in [3.8, 4) is 0 Å². The van der Waals surface area contributed by atoms with Gasteiger partial charge in [0, 0.05) is 0 Å². The van der Waals surface area contributed by atoms with Crippen LogP contribution in [0.25, 0.3) is 0 Å². The van der Waals surface area contributed by atoms with Gasteiger partial charge in [0.15, 0.2) is 5.60 Å². The van der Waals surface area contributed by atoms with Crippen molar-refractivity contribution < 1.29 is 19.4 Å². The summed E-state index contributed by atoms with van der Waals surface area (Å²) in [4.78, 5) is 26.8. The van der Waals surface area contributed by atoms with E-state index in [9.17, 15) is 14.7 Å². The number of fused-ring (bicyclic) bond motifs is 1. The average molecular weight is 326 g/mol. The van der Waals surface area contributed by atoms with Crippen molar-refractivity contribution in [3.05, 3.63) is 0 Å². The molecule has 0 aromatic carbocycles. The van der Waals surface area contributed by atoms with Gasteiger partial charge in [-0.15, -0.1) is 0 Å². The van der Waals surface area contributed by atoms with Crippen LogP contribution in [0, 0.1) is 11.3 Å². The first kappa shape index (κ1) is 18.2. The van der Waals surface area contributed by atoms with Crippen LogP contribution in [0.5, 0.6) is 0 Å². The number of hydrogen-bond acceptors (Lipinski definition) is 4. The second kappa shape index (κ2) is 5.45. The molecular formula is C17H30N2O4. The standard InChI is InChI=1S/C17H30N2O4/c1-10(2)8-9-12-13(20)18-11(3)17(22)19(12)14(21)16(7,23-17)15(4,5)6/h10-12,22H,8-9H2,1-7H3,(H,18,20)/t11-,12-,16+,17-/m0/s1. The molecule has 2 heterocycles. The topological polar surface area (TPSA) is 78.9 Å². The SMILES string of the molecule is CC(C)CC[C@H]1C(=O)N[C@@H](C)[C@]2(O)O[C@@](C)(C(C)(C)C)C(=O)N12. The summed E-state index contributed by atoms with van der Waals surface area (Å²) in [5.41, 5.74) is -1.69. The Bertz CT molecular complexity index is 513. The van der Waals surface area contributed by atoms with Crippen molar-refractivity contribution >= 4 is 11.8 Å². The Labute approximate surface area is 138 Å². The van der Waals surface area contributed by atoms with Gasteiger partial charge in [0.1, 0.15) is 12.1 Å². The molecule has 6 heteroatoms. The summed E-state index contributed by atoms with van der Waals surface area (Å²) in [7, 11) is 0. The molecule has 0 saturated carbocycles. The lowest BCUT2D eigenvalue weighted by molar-refractivity contribution is -0.307. The maximum atomic E-state index is 13.1. The molecule has 2 aliphatic rings. The molecule has 0 spiro atoms. The molecule has 2 fully saturated rings.